The second kappa shape index (κ2) is 7.54. The summed E-state index contributed by atoms with van der Waals surface area (Å²) in [5.74, 6) is 5.13. The van der Waals surface area contributed by atoms with Gasteiger partial charge < -0.3 is 0 Å². The molecule has 0 spiro atoms. The number of thioether (sulfide) groups is 1. The summed E-state index contributed by atoms with van der Waals surface area (Å²) in [5, 5.41) is 0. The Labute approximate surface area is 127 Å². The van der Waals surface area contributed by atoms with Gasteiger partial charge in [0.15, 0.2) is 0 Å². The van der Waals surface area contributed by atoms with E-state index >= 15 is 0 Å². The molecule has 0 saturated carbocycles. The molecule has 0 radical (unpaired) electrons. The van der Waals surface area contributed by atoms with Crippen molar-refractivity contribution < 1.29 is 8.78 Å². The summed E-state index contributed by atoms with van der Waals surface area (Å²) in [4.78, 5) is 1.14. The van der Waals surface area contributed by atoms with E-state index in [-0.39, 0.29) is 6.04 Å². The molecule has 0 aliphatic carbocycles. The van der Waals surface area contributed by atoms with Gasteiger partial charge in [0.25, 0.3) is 0 Å². The molecule has 0 aliphatic heterocycles. The molecule has 1 unspecified atom stereocenters. The van der Waals surface area contributed by atoms with Crippen LogP contribution in [-0.2, 0) is 6.42 Å². The lowest BCUT2D eigenvalue weighted by molar-refractivity contribution is 0.536. The Kier molecular flexibility index (Phi) is 5.73. The van der Waals surface area contributed by atoms with E-state index in [1.165, 1.54) is 17.7 Å². The first-order chi connectivity index (χ1) is 10.1. The van der Waals surface area contributed by atoms with Crippen LogP contribution < -0.4 is 11.3 Å². The van der Waals surface area contributed by atoms with Crippen molar-refractivity contribution in [2.75, 3.05) is 5.75 Å². The molecule has 3 N–H and O–H groups in total. The van der Waals surface area contributed by atoms with Crippen LogP contribution in [0.5, 0.6) is 0 Å². The van der Waals surface area contributed by atoms with Crippen molar-refractivity contribution in [1.82, 2.24) is 5.43 Å². The Morgan fingerprint density at radius 1 is 1.14 bits per heavy atom. The summed E-state index contributed by atoms with van der Waals surface area (Å²) in [6.45, 7) is 2.04. The first-order valence-electron chi connectivity index (χ1n) is 6.68. The maximum Gasteiger partial charge on any atom is 0.129 e. The average molecular weight is 308 g/mol. The third-order valence-electron chi connectivity index (χ3n) is 3.19. The molecule has 0 aromatic heterocycles. The molecule has 0 fully saturated rings. The molecule has 1 atom stereocenters. The van der Waals surface area contributed by atoms with Gasteiger partial charge in [-0.2, -0.15) is 0 Å². The zero-order chi connectivity index (χ0) is 15.2. The van der Waals surface area contributed by atoms with E-state index in [0.29, 0.717) is 17.7 Å². The second-order valence-electron chi connectivity index (χ2n) is 4.93. The van der Waals surface area contributed by atoms with E-state index in [0.717, 1.165) is 11.0 Å². The van der Waals surface area contributed by atoms with Gasteiger partial charge in [-0.15, -0.1) is 11.8 Å². The summed E-state index contributed by atoms with van der Waals surface area (Å²) in [5.41, 5.74) is 4.36. The van der Waals surface area contributed by atoms with Gasteiger partial charge in [0.2, 0.25) is 0 Å². The Morgan fingerprint density at radius 3 is 2.48 bits per heavy atom. The van der Waals surface area contributed by atoms with E-state index < -0.39 is 11.6 Å². The zero-order valence-corrected chi connectivity index (χ0v) is 12.6. The summed E-state index contributed by atoms with van der Waals surface area (Å²) in [6.07, 6.45) is 0.418. The average Bonchev–Trinajstić information content (AvgIpc) is 2.47. The van der Waals surface area contributed by atoms with Crippen LogP contribution in [0.4, 0.5) is 8.78 Å². The van der Waals surface area contributed by atoms with Crippen LogP contribution in [-0.4, -0.2) is 11.8 Å². The number of hydrogen-bond acceptors (Lipinski definition) is 3. The topological polar surface area (TPSA) is 38.0 Å². The molecule has 21 heavy (non-hydrogen) atoms. The molecule has 0 bridgehead atoms. The van der Waals surface area contributed by atoms with Crippen LogP contribution in [0.1, 0.15) is 11.1 Å². The Balaban J connectivity index is 1.95. The smallest absolute Gasteiger partial charge is 0.129 e. The fourth-order valence-electron chi connectivity index (χ4n) is 1.95. The Bertz CT molecular complexity index is 587. The zero-order valence-electron chi connectivity index (χ0n) is 11.8. The van der Waals surface area contributed by atoms with Gasteiger partial charge in [-0.1, -0.05) is 23.8 Å². The first-order valence-corrected chi connectivity index (χ1v) is 7.66. The molecule has 0 aliphatic rings. The molecule has 112 valence electrons. The van der Waals surface area contributed by atoms with Crippen LogP contribution in [0, 0.1) is 18.6 Å². The van der Waals surface area contributed by atoms with Crippen LogP contribution in [0.3, 0.4) is 0 Å². The molecule has 0 heterocycles. The molecule has 2 aromatic rings. The number of rotatable bonds is 6. The maximum atomic E-state index is 13.6. The lowest BCUT2D eigenvalue weighted by atomic mass is 10.1. The summed E-state index contributed by atoms with van der Waals surface area (Å²) in [7, 11) is 0. The number of hydrazine groups is 1. The quantitative estimate of drug-likeness (QED) is 0.488. The fraction of sp³-hybridized carbons (Fsp3) is 0.250. The van der Waals surface area contributed by atoms with Crippen LogP contribution >= 0.6 is 11.8 Å². The molecule has 5 heteroatoms. The Hall–Kier alpha value is -1.43. The number of aryl methyl sites for hydroxylation is 1. The van der Waals surface area contributed by atoms with Gasteiger partial charge in [0.05, 0.1) is 0 Å². The second-order valence-corrected chi connectivity index (χ2v) is 6.02. The minimum atomic E-state index is -0.567. The first kappa shape index (κ1) is 15.9. The van der Waals surface area contributed by atoms with Gasteiger partial charge >= 0.3 is 0 Å². The summed E-state index contributed by atoms with van der Waals surface area (Å²) < 4.78 is 26.5. The van der Waals surface area contributed by atoms with Gasteiger partial charge in [0, 0.05) is 22.8 Å². The van der Waals surface area contributed by atoms with E-state index in [2.05, 4.69) is 5.43 Å². The molecular formula is C16H18F2N2S. The highest BCUT2D eigenvalue weighted by atomic mass is 32.2. The molecule has 2 aromatic carbocycles. The van der Waals surface area contributed by atoms with Gasteiger partial charge in [-0.25, -0.2) is 8.78 Å². The molecule has 2 nitrogen and oxygen atoms in total. The van der Waals surface area contributed by atoms with Crippen molar-refractivity contribution in [3.63, 3.8) is 0 Å². The lowest BCUT2D eigenvalue weighted by Gasteiger charge is -2.16. The highest BCUT2D eigenvalue weighted by Crippen LogP contribution is 2.21. The highest BCUT2D eigenvalue weighted by molar-refractivity contribution is 7.99. The predicted molar refractivity (Wildman–Crippen MR) is 83.1 cm³/mol. The molecule has 0 amide bonds. The van der Waals surface area contributed by atoms with Gasteiger partial charge in [-0.05, 0) is 37.1 Å². The molecule has 0 saturated heterocycles. The van der Waals surface area contributed by atoms with Crippen LogP contribution in [0.2, 0.25) is 0 Å². The van der Waals surface area contributed by atoms with E-state index in [4.69, 9.17) is 5.84 Å². The number of halogens is 2. The number of nitrogens with two attached hydrogens (primary N) is 1. The highest BCUT2D eigenvalue weighted by Gasteiger charge is 2.12. The number of nitrogens with one attached hydrogen (secondary N) is 1. The monoisotopic (exact) mass is 308 g/mol. The molecule has 2 rings (SSSR count). The standard InChI is InChI=1S/C16H18F2N2S/c1-11-2-6-15(7-3-11)21-10-14(20-19)8-12-4-5-13(17)9-16(12)18/h2-7,9,14,20H,8,10,19H2,1H3. The Morgan fingerprint density at radius 2 is 1.86 bits per heavy atom. The lowest BCUT2D eigenvalue weighted by Crippen LogP contribution is -2.38. The minimum absolute atomic E-state index is 0.0868. The minimum Gasteiger partial charge on any atom is -0.271 e. The fourth-order valence-corrected chi connectivity index (χ4v) is 2.89. The van der Waals surface area contributed by atoms with Crippen molar-refractivity contribution in [2.45, 2.75) is 24.3 Å². The molecular weight excluding hydrogens is 290 g/mol. The largest absolute Gasteiger partial charge is 0.271 e. The summed E-state index contributed by atoms with van der Waals surface area (Å²) in [6, 6.07) is 11.7. The number of benzene rings is 2. The third-order valence-corrected chi connectivity index (χ3v) is 4.36. The maximum absolute atomic E-state index is 13.6. The van der Waals surface area contributed by atoms with Crippen molar-refractivity contribution >= 4 is 11.8 Å². The predicted octanol–water partition coefficient (Wildman–Crippen LogP) is 3.44. The summed E-state index contributed by atoms with van der Waals surface area (Å²) >= 11 is 1.65. The van der Waals surface area contributed by atoms with Crippen LogP contribution in [0.25, 0.3) is 0 Å². The van der Waals surface area contributed by atoms with Gasteiger partial charge in [0.1, 0.15) is 11.6 Å². The van der Waals surface area contributed by atoms with Crippen LogP contribution in [0.15, 0.2) is 47.4 Å². The number of hydrogen-bond donors (Lipinski definition) is 2. The SMILES string of the molecule is Cc1ccc(SCC(Cc2ccc(F)cc2F)NN)cc1. The third kappa shape index (κ3) is 4.81. The van der Waals surface area contributed by atoms with Crippen molar-refractivity contribution in [3.05, 3.63) is 65.2 Å². The van der Waals surface area contributed by atoms with Gasteiger partial charge in [-0.3, -0.25) is 11.3 Å². The van der Waals surface area contributed by atoms with Crippen molar-refractivity contribution in [3.8, 4) is 0 Å². The normalized spacial score (nSPS) is 12.4. The van der Waals surface area contributed by atoms with E-state index in [1.54, 1.807) is 11.8 Å². The van der Waals surface area contributed by atoms with Crippen molar-refractivity contribution in [2.24, 2.45) is 5.84 Å². The van der Waals surface area contributed by atoms with E-state index in [1.807, 2.05) is 31.2 Å². The van der Waals surface area contributed by atoms with Crippen molar-refractivity contribution in [1.29, 1.82) is 0 Å². The van der Waals surface area contributed by atoms with E-state index in [9.17, 15) is 8.78 Å².